The summed E-state index contributed by atoms with van der Waals surface area (Å²) in [5.41, 5.74) is 5.31. The summed E-state index contributed by atoms with van der Waals surface area (Å²) in [6.07, 6.45) is 5.67. The van der Waals surface area contributed by atoms with Gasteiger partial charge in [-0.3, -0.25) is 0 Å². The van der Waals surface area contributed by atoms with Crippen LogP contribution < -0.4 is 15.1 Å². The Kier molecular flexibility index (Phi) is 4.28. The predicted octanol–water partition coefficient (Wildman–Crippen LogP) is 5.02. The summed E-state index contributed by atoms with van der Waals surface area (Å²) in [5, 5.41) is 5.67. The minimum absolute atomic E-state index is 0.556. The number of aromatic nitrogens is 4. The summed E-state index contributed by atoms with van der Waals surface area (Å²) in [4.78, 5) is 19.8. The average molecular weight is 397 g/mol. The quantitative estimate of drug-likeness (QED) is 0.388. The van der Waals surface area contributed by atoms with E-state index in [2.05, 4.69) is 72.5 Å². The fraction of sp³-hybridized carbons (Fsp3) is 0.130. The first kappa shape index (κ1) is 18.1. The molecule has 0 atom stereocenters. The summed E-state index contributed by atoms with van der Waals surface area (Å²) in [6.45, 7) is 0. The normalized spacial score (nSPS) is 11.2. The third-order valence-electron chi connectivity index (χ3n) is 5.33. The van der Waals surface area contributed by atoms with Crippen molar-refractivity contribution in [3.05, 3.63) is 67.1 Å². The van der Waals surface area contributed by atoms with Crippen molar-refractivity contribution in [1.82, 2.24) is 19.9 Å². The van der Waals surface area contributed by atoms with Gasteiger partial charge in [0.1, 0.15) is 5.82 Å². The van der Waals surface area contributed by atoms with Crippen LogP contribution in [0.3, 0.4) is 0 Å². The summed E-state index contributed by atoms with van der Waals surface area (Å²) in [7, 11) is 6.07. The van der Waals surface area contributed by atoms with Crippen LogP contribution in [-0.2, 0) is 0 Å². The third kappa shape index (κ3) is 3.20. The van der Waals surface area contributed by atoms with Gasteiger partial charge in [0.15, 0.2) is 0 Å². The number of rotatable bonds is 5. The molecule has 30 heavy (non-hydrogen) atoms. The fourth-order valence-electron chi connectivity index (χ4n) is 3.61. The Morgan fingerprint density at radius 1 is 0.833 bits per heavy atom. The van der Waals surface area contributed by atoms with Crippen LogP contribution in [0, 0.1) is 0 Å². The van der Waals surface area contributed by atoms with Gasteiger partial charge in [-0.2, -0.15) is 4.98 Å². The Bertz CT molecular complexity index is 1330. The SMILES string of the molecule is CN(C)c1cc(Nc2nccc(N(C)c3ccc4[nH]ccc4c3)n2)c2cc[nH]c2c1. The van der Waals surface area contributed by atoms with Gasteiger partial charge >= 0.3 is 0 Å². The maximum atomic E-state index is 4.75. The van der Waals surface area contributed by atoms with Gasteiger partial charge in [-0.25, -0.2) is 4.98 Å². The molecule has 0 saturated carbocycles. The van der Waals surface area contributed by atoms with Crippen LogP contribution in [0.15, 0.2) is 67.1 Å². The molecule has 3 heterocycles. The molecule has 5 rings (SSSR count). The average Bonchev–Trinajstić information content (AvgIpc) is 3.42. The molecule has 0 aliphatic heterocycles. The molecule has 0 aliphatic rings. The number of fused-ring (bicyclic) bond motifs is 2. The number of benzene rings is 2. The van der Waals surface area contributed by atoms with E-state index in [1.54, 1.807) is 6.20 Å². The minimum Gasteiger partial charge on any atom is -0.378 e. The Labute approximate surface area is 174 Å². The van der Waals surface area contributed by atoms with Crippen LogP contribution in [0.4, 0.5) is 28.8 Å². The number of nitrogens with one attached hydrogen (secondary N) is 3. The van der Waals surface area contributed by atoms with Crippen LogP contribution in [0.1, 0.15) is 0 Å². The number of aromatic amines is 2. The van der Waals surface area contributed by atoms with Crippen molar-refractivity contribution in [2.45, 2.75) is 0 Å². The molecule has 0 aliphatic carbocycles. The van der Waals surface area contributed by atoms with Crippen LogP contribution in [-0.4, -0.2) is 41.1 Å². The summed E-state index contributed by atoms with van der Waals surface area (Å²) in [6, 6.07) is 16.6. The lowest BCUT2D eigenvalue weighted by Gasteiger charge is -2.19. The highest BCUT2D eigenvalue weighted by Gasteiger charge is 2.11. The van der Waals surface area contributed by atoms with Crippen LogP contribution in [0.25, 0.3) is 21.8 Å². The lowest BCUT2D eigenvalue weighted by atomic mass is 10.2. The molecule has 3 aromatic heterocycles. The van der Waals surface area contributed by atoms with Gasteiger partial charge in [-0.15, -0.1) is 0 Å². The molecule has 5 aromatic rings. The van der Waals surface area contributed by atoms with Crippen LogP contribution in [0.5, 0.6) is 0 Å². The van der Waals surface area contributed by atoms with Gasteiger partial charge in [0.2, 0.25) is 5.95 Å². The van der Waals surface area contributed by atoms with Crippen LogP contribution >= 0.6 is 0 Å². The van der Waals surface area contributed by atoms with Crippen molar-refractivity contribution in [1.29, 1.82) is 0 Å². The number of H-pyrrole nitrogens is 2. The monoisotopic (exact) mass is 397 g/mol. The van der Waals surface area contributed by atoms with Gasteiger partial charge in [0, 0.05) is 72.9 Å². The van der Waals surface area contributed by atoms with Crippen molar-refractivity contribution >= 4 is 50.6 Å². The maximum Gasteiger partial charge on any atom is 0.229 e. The lowest BCUT2D eigenvalue weighted by Crippen LogP contribution is -2.12. The second kappa shape index (κ2) is 7.11. The zero-order valence-electron chi connectivity index (χ0n) is 17.1. The first-order valence-corrected chi connectivity index (χ1v) is 9.78. The maximum absolute atomic E-state index is 4.75. The molecular weight excluding hydrogens is 374 g/mol. The molecule has 3 N–H and O–H groups in total. The van der Waals surface area contributed by atoms with Crippen molar-refractivity contribution in [2.75, 3.05) is 36.3 Å². The number of hydrogen-bond acceptors (Lipinski definition) is 5. The second-order valence-electron chi connectivity index (χ2n) is 7.50. The van der Waals surface area contributed by atoms with Gasteiger partial charge in [-0.1, -0.05) is 0 Å². The highest BCUT2D eigenvalue weighted by molar-refractivity contribution is 5.96. The van der Waals surface area contributed by atoms with Crippen molar-refractivity contribution < 1.29 is 0 Å². The van der Waals surface area contributed by atoms with E-state index in [-0.39, 0.29) is 0 Å². The second-order valence-corrected chi connectivity index (χ2v) is 7.50. The molecule has 0 radical (unpaired) electrons. The number of nitrogens with zero attached hydrogens (tertiary/aromatic N) is 4. The zero-order chi connectivity index (χ0) is 20.7. The Balaban J connectivity index is 1.48. The largest absolute Gasteiger partial charge is 0.378 e. The molecule has 0 saturated heterocycles. The Morgan fingerprint density at radius 3 is 2.53 bits per heavy atom. The van der Waals surface area contributed by atoms with Gasteiger partial charge in [0.05, 0.1) is 5.69 Å². The molecular formula is C23H23N7. The van der Waals surface area contributed by atoms with E-state index in [1.165, 1.54) is 5.39 Å². The summed E-state index contributed by atoms with van der Waals surface area (Å²) >= 11 is 0. The first-order chi connectivity index (χ1) is 14.6. The first-order valence-electron chi connectivity index (χ1n) is 9.78. The van der Waals surface area contributed by atoms with Gasteiger partial charge in [0.25, 0.3) is 0 Å². The molecule has 7 nitrogen and oxygen atoms in total. The molecule has 0 spiro atoms. The molecule has 150 valence electrons. The highest BCUT2D eigenvalue weighted by atomic mass is 15.2. The third-order valence-corrected chi connectivity index (χ3v) is 5.33. The minimum atomic E-state index is 0.556. The molecule has 0 amide bonds. The van der Waals surface area contributed by atoms with Gasteiger partial charge in [-0.05, 0) is 48.5 Å². The van der Waals surface area contributed by atoms with Crippen molar-refractivity contribution in [3.63, 3.8) is 0 Å². The molecule has 7 heteroatoms. The van der Waals surface area contributed by atoms with Crippen molar-refractivity contribution in [2.24, 2.45) is 0 Å². The fourth-order valence-corrected chi connectivity index (χ4v) is 3.61. The summed E-state index contributed by atoms with van der Waals surface area (Å²) in [5.74, 6) is 1.37. The van der Waals surface area contributed by atoms with E-state index in [0.29, 0.717) is 5.95 Å². The topological polar surface area (TPSA) is 75.9 Å². The van der Waals surface area contributed by atoms with Gasteiger partial charge < -0.3 is 25.1 Å². The molecule has 2 aromatic carbocycles. The predicted molar refractivity (Wildman–Crippen MR) is 124 cm³/mol. The smallest absolute Gasteiger partial charge is 0.229 e. The molecule has 0 unspecified atom stereocenters. The number of hydrogen-bond donors (Lipinski definition) is 3. The van der Waals surface area contributed by atoms with Crippen molar-refractivity contribution in [3.8, 4) is 0 Å². The number of anilines is 5. The molecule has 0 fully saturated rings. The summed E-state index contributed by atoms with van der Waals surface area (Å²) < 4.78 is 0. The molecule has 0 bridgehead atoms. The van der Waals surface area contributed by atoms with E-state index >= 15 is 0 Å². The van der Waals surface area contributed by atoms with E-state index in [4.69, 9.17) is 4.98 Å². The Hall–Kier alpha value is -4.00. The Morgan fingerprint density at radius 2 is 1.67 bits per heavy atom. The van der Waals surface area contributed by atoms with E-state index in [1.807, 2.05) is 39.6 Å². The van der Waals surface area contributed by atoms with E-state index in [9.17, 15) is 0 Å². The van der Waals surface area contributed by atoms with E-state index < -0.39 is 0 Å². The zero-order valence-corrected chi connectivity index (χ0v) is 17.1. The highest BCUT2D eigenvalue weighted by Crippen LogP contribution is 2.31. The lowest BCUT2D eigenvalue weighted by molar-refractivity contribution is 1.08. The van der Waals surface area contributed by atoms with E-state index in [0.717, 1.165) is 39.3 Å². The van der Waals surface area contributed by atoms with Crippen LogP contribution in [0.2, 0.25) is 0 Å². The standard InChI is InChI=1S/C23H23N7/c1-29(2)17-13-20-18(7-10-25-20)21(14-17)27-23-26-11-8-22(28-23)30(3)16-4-5-19-15(12-16)6-9-24-19/h4-14,24-25H,1-3H3,(H,26,27,28).